The highest BCUT2D eigenvalue weighted by Crippen LogP contribution is 2.20. The molecule has 0 atom stereocenters. The van der Waals surface area contributed by atoms with Gasteiger partial charge in [-0.2, -0.15) is 0 Å². The largest absolute Gasteiger partial charge is 0.464 e. The summed E-state index contributed by atoms with van der Waals surface area (Å²) in [4.78, 5) is 11.7. The molecule has 22 heavy (non-hydrogen) atoms. The van der Waals surface area contributed by atoms with Crippen molar-refractivity contribution in [2.75, 3.05) is 7.11 Å². The summed E-state index contributed by atoms with van der Waals surface area (Å²) >= 11 is 0. The number of nitrogens with one attached hydrogen (secondary N) is 1. The second kappa shape index (κ2) is 7.28. The number of ether oxygens (including phenoxy) is 1. The fraction of sp³-hybridized carbons (Fsp3) is 0.667. The minimum Gasteiger partial charge on any atom is -0.464 e. The third-order valence-electron chi connectivity index (χ3n) is 4.11. The quantitative estimate of drug-likeness (QED) is 0.860. The van der Waals surface area contributed by atoms with Gasteiger partial charge in [0.05, 0.1) is 7.11 Å². The fourth-order valence-electron chi connectivity index (χ4n) is 2.85. The first-order chi connectivity index (χ1) is 10.4. The minimum absolute atomic E-state index is 0.0212. The third-order valence-corrected chi connectivity index (χ3v) is 5.60. The van der Waals surface area contributed by atoms with E-state index in [2.05, 4.69) is 9.46 Å². The standard InChI is InChI=1S/C15H24N2O4S/c1-17-11-13(10-14(17)15(18)21-2)22(19,20)16-12-8-6-4-3-5-7-9-12/h10-12,16H,3-9H2,1-2H3. The van der Waals surface area contributed by atoms with Gasteiger partial charge in [0.25, 0.3) is 0 Å². The van der Waals surface area contributed by atoms with Gasteiger partial charge in [-0.15, -0.1) is 0 Å². The Bertz CT molecular complexity index is 613. The summed E-state index contributed by atoms with van der Waals surface area (Å²) in [5, 5.41) is 0. The van der Waals surface area contributed by atoms with Crippen molar-refractivity contribution in [2.24, 2.45) is 7.05 Å². The van der Waals surface area contributed by atoms with E-state index in [1.54, 1.807) is 7.05 Å². The van der Waals surface area contributed by atoms with Crippen LogP contribution in [0, 0.1) is 0 Å². The highest BCUT2D eigenvalue weighted by molar-refractivity contribution is 7.89. The molecule has 0 unspecified atom stereocenters. The SMILES string of the molecule is COC(=O)c1cc(S(=O)(=O)NC2CCCCCCC2)cn1C. The van der Waals surface area contributed by atoms with E-state index in [1.165, 1.54) is 30.4 Å². The summed E-state index contributed by atoms with van der Waals surface area (Å²) < 4.78 is 33.9. The predicted octanol–water partition coefficient (Wildman–Crippen LogP) is 2.20. The van der Waals surface area contributed by atoms with E-state index >= 15 is 0 Å². The van der Waals surface area contributed by atoms with Crippen LogP contribution in [0.25, 0.3) is 0 Å². The van der Waals surface area contributed by atoms with Crippen molar-refractivity contribution < 1.29 is 17.9 Å². The second-order valence-corrected chi connectivity index (χ2v) is 7.54. The average Bonchev–Trinajstić information content (AvgIpc) is 2.84. The minimum atomic E-state index is -3.61. The molecule has 1 fully saturated rings. The van der Waals surface area contributed by atoms with Crippen LogP contribution in [0.3, 0.4) is 0 Å². The maximum absolute atomic E-state index is 12.5. The lowest BCUT2D eigenvalue weighted by molar-refractivity contribution is 0.0590. The number of nitrogens with zero attached hydrogens (tertiary/aromatic N) is 1. The average molecular weight is 328 g/mol. The first kappa shape index (κ1) is 17.0. The zero-order valence-corrected chi connectivity index (χ0v) is 14.0. The van der Waals surface area contributed by atoms with Gasteiger partial charge >= 0.3 is 5.97 Å². The molecule has 1 aromatic heterocycles. The summed E-state index contributed by atoms with van der Waals surface area (Å²) in [7, 11) is -0.710. The molecule has 0 bridgehead atoms. The Morgan fingerprint density at radius 3 is 2.41 bits per heavy atom. The maximum Gasteiger partial charge on any atom is 0.354 e. The normalized spacial score (nSPS) is 17.7. The van der Waals surface area contributed by atoms with Gasteiger partial charge < -0.3 is 9.30 Å². The number of aromatic nitrogens is 1. The van der Waals surface area contributed by atoms with E-state index < -0.39 is 16.0 Å². The summed E-state index contributed by atoms with van der Waals surface area (Å²) in [6, 6.07) is 1.34. The van der Waals surface area contributed by atoms with Gasteiger partial charge in [0.15, 0.2) is 0 Å². The molecule has 7 heteroatoms. The lowest BCUT2D eigenvalue weighted by Crippen LogP contribution is -2.35. The molecule has 1 aliphatic rings. The molecule has 2 rings (SSSR count). The Morgan fingerprint density at radius 2 is 1.82 bits per heavy atom. The van der Waals surface area contributed by atoms with Gasteiger partial charge in [-0.3, -0.25) is 0 Å². The zero-order chi connectivity index (χ0) is 16.2. The number of carbonyl (C=O) groups is 1. The smallest absolute Gasteiger partial charge is 0.354 e. The molecule has 1 N–H and O–H groups in total. The van der Waals surface area contributed by atoms with Crippen LogP contribution >= 0.6 is 0 Å². The zero-order valence-electron chi connectivity index (χ0n) is 13.2. The number of esters is 1. The molecule has 1 saturated carbocycles. The second-order valence-electron chi connectivity index (χ2n) is 5.83. The van der Waals surface area contributed by atoms with Gasteiger partial charge in [0.2, 0.25) is 10.0 Å². The van der Waals surface area contributed by atoms with E-state index in [1.807, 2.05) is 0 Å². The molecule has 0 aromatic carbocycles. The Labute approximate surface area is 131 Å². The van der Waals surface area contributed by atoms with E-state index in [-0.39, 0.29) is 16.6 Å². The Morgan fingerprint density at radius 1 is 1.23 bits per heavy atom. The van der Waals surface area contributed by atoms with E-state index in [0.717, 1.165) is 38.5 Å². The molecule has 0 radical (unpaired) electrons. The van der Waals surface area contributed by atoms with Crippen LogP contribution in [0.4, 0.5) is 0 Å². The molecule has 1 aromatic rings. The molecular formula is C15H24N2O4S. The van der Waals surface area contributed by atoms with Gasteiger partial charge in [0, 0.05) is 19.3 Å². The molecule has 0 aliphatic heterocycles. The number of rotatable bonds is 4. The van der Waals surface area contributed by atoms with Crippen molar-refractivity contribution in [3.8, 4) is 0 Å². The molecule has 1 aliphatic carbocycles. The van der Waals surface area contributed by atoms with Gasteiger partial charge in [0.1, 0.15) is 10.6 Å². The van der Waals surface area contributed by atoms with Crippen molar-refractivity contribution in [2.45, 2.75) is 55.9 Å². The Balaban J connectivity index is 2.14. The molecule has 6 nitrogen and oxygen atoms in total. The van der Waals surface area contributed by atoms with Crippen molar-refractivity contribution >= 4 is 16.0 Å². The van der Waals surface area contributed by atoms with Crippen molar-refractivity contribution in [3.63, 3.8) is 0 Å². The number of sulfonamides is 1. The highest BCUT2D eigenvalue weighted by atomic mass is 32.2. The molecule has 0 saturated heterocycles. The van der Waals surface area contributed by atoms with Gasteiger partial charge in [-0.25, -0.2) is 17.9 Å². The molecule has 124 valence electrons. The Kier molecular flexibility index (Phi) is 5.63. The van der Waals surface area contributed by atoms with Crippen molar-refractivity contribution in [1.29, 1.82) is 0 Å². The van der Waals surface area contributed by atoms with Crippen LogP contribution in [0.5, 0.6) is 0 Å². The summed E-state index contributed by atoms with van der Waals surface area (Å²) in [5.74, 6) is -0.546. The van der Waals surface area contributed by atoms with Crippen LogP contribution in [0.1, 0.15) is 55.4 Å². The first-order valence-corrected chi connectivity index (χ1v) is 9.19. The lowest BCUT2D eigenvalue weighted by atomic mass is 9.97. The van der Waals surface area contributed by atoms with Gasteiger partial charge in [-0.05, 0) is 18.9 Å². The number of aryl methyl sites for hydroxylation is 1. The van der Waals surface area contributed by atoms with Crippen LogP contribution in [0.2, 0.25) is 0 Å². The summed E-state index contributed by atoms with van der Waals surface area (Å²) in [5.41, 5.74) is 0.223. The summed E-state index contributed by atoms with van der Waals surface area (Å²) in [6.07, 6.45) is 8.85. The van der Waals surface area contributed by atoms with Crippen LogP contribution < -0.4 is 4.72 Å². The van der Waals surface area contributed by atoms with E-state index in [9.17, 15) is 13.2 Å². The van der Waals surface area contributed by atoms with Crippen LogP contribution in [-0.4, -0.2) is 32.1 Å². The molecule has 0 amide bonds. The Hall–Kier alpha value is -1.34. The number of methoxy groups -OCH3 is 1. The van der Waals surface area contributed by atoms with Crippen LogP contribution in [-0.2, 0) is 21.8 Å². The number of hydrogen-bond donors (Lipinski definition) is 1. The fourth-order valence-corrected chi connectivity index (χ4v) is 4.22. The summed E-state index contributed by atoms with van der Waals surface area (Å²) in [6.45, 7) is 0. The lowest BCUT2D eigenvalue weighted by Gasteiger charge is -2.20. The third kappa shape index (κ3) is 4.10. The topological polar surface area (TPSA) is 77.4 Å². The first-order valence-electron chi connectivity index (χ1n) is 7.71. The van der Waals surface area contributed by atoms with E-state index in [4.69, 9.17) is 0 Å². The molecule has 0 spiro atoms. The van der Waals surface area contributed by atoms with Gasteiger partial charge in [-0.1, -0.05) is 32.1 Å². The molecule has 1 heterocycles. The molecular weight excluding hydrogens is 304 g/mol. The predicted molar refractivity (Wildman–Crippen MR) is 83.2 cm³/mol. The van der Waals surface area contributed by atoms with E-state index in [0.29, 0.717) is 0 Å². The number of carbonyl (C=O) groups excluding carboxylic acids is 1. The number of hydrogen-bond acceptors (Lipinski definition) is 4. The van der Waals surface area contributed by atoms with Crippen LogP contribution in [0.15, 0.2) is 17.2 Å². The maximum atomic E-state index is 12.5. The highest BCUT2D eigenvalue weighted by Gasteiger charge is 2.24. The van der Waals surface area contributed by atoms with Crippen molar-refractivity contribution in [3.05, 3.63) is 18.0 Å². The van der Waals surface area contributed by atoms with Crippen molar-refractivity contribution in [1.82, 2.24) is 9.29 Å². The monoisotopic (exact) mass is 328 g/mol.